The smallest absolute Gasteiger partial charge is 0.338 e. The molecule has 166 valence electrons. The highest BCUT2D eigenvalue weighted by Crippen LogP contribution is 2.34. The third kappa shape index (κ3) is 4.64. The molecule has 0 saturated carbocycles. The van der Waals surface area contributed by atoms with Crippen LogP contribution in [0.3, 0.4) is 0 Å². The van der Waals surface area contributed by atoms with E-state index in [9.17, 15) is 22.4 Å². The number of nitrogens with zero attached hydrogens (tertiary/aromatic N) is 3. The highest BCUT2D eigenvalue weighted by Gasteiger charge is 2.31. The van der Waals surface area contributed by atoms with Crippen molar-refractivity contribution in [2.24, 2.45) is 0 Å². The van der Waals surface area contributed by atoms with Crippen molar-refractivity contribution in [3.8, 4) is 11.1 Å². The average molecular weight is 443 g/mol. The summed E-state index contributed by atoms with van der Waals surface area (Å²) < 4.78 is 51.8. The highest BCUT2D eigenvalue weighted by atomic mass is 19.4. The van der Waals surface area contributed by atoms with Gasteiger partial charge in [-0.15, -0.1) is 0 Å². The third-order valence-electron chi connectivity index (χ3n) is 5.65. The summed E-state index contributed by atoms with van der Waals surface area (Å²) in [6, 6.07) is 10.4. The molecule has 1 atom stereocenters. The lowest BCUT2D eigenvalue weighted by atomic mass is 9.89. The second-order valence-electron chi connectivity index (χ2n) is 7.89. The Morgan fingerprint density at radius 2 is 1.75 bits per heavy atom. The number of hydrogen-bond donors (Lipinski definition) is 0. The van der Waals surface area contributed by atoms with Crippen LogP contribution in [0.4, 0.5) is 17.6 Å². The van der Waals surface area contributed by atoms with Crippen molar-refractivity contribution in [1.82, 2.24) is 14.9 Å². The average Bonchev–Trinajstić information content (AvgIpc) is 2.79. The molecule has 0 aliphatic carbocycles. The molecule has 2 heterocycles. The summed E-state index contributed by atoms with van der Waals surface area (Å²) >= 11 is 0. The molecule has 8 heteroatoms. The number of halogens is 4. The van der Waals surface area contributed by atoms with Gasteiger partial charge in [0, 0.05) is 36.3 Å². The summed E-state index contributed by atoms with van der Waals surface area (Å²) in [6.45, 7) is 2.70. The number of rotatable bonds is 3. The van der Waals surface area contributed by atoms with Gasteiger partial charge in [0.05, 0.1) is 11.3 Å². The lowest BCUT2D eigenvalue weighted by molar-refractivity contribution is -0.137. The largest absolute Gasteiger partial charge is 0.416 e. The van der Waals surface area contributed by atoms with Gasteiger partial charge in [0.25, 0.3) is 5.91 Å². The molecule has 1 aromatic heterocycles. The van der Waals surface area contributed by atoms with Crippen molar-refractivity contribution in [1.29, 1.82) is 0 Å². The van der Waals surface area contributed by atoms with Gasteiger partial charge in [0.1, 0.15) is 11.6 Å². The number of alkyl halides is 3. The Morgan fingerprint density at radius 1 is 1.06 bits per heavy atom. The van der Waals surface area contributed by atoms with Gasteiger partial charge in [-0.1, -0.05) is 12.1 Å². The lowest BCUT2D eigenvalue weighted by Gasteiger charge is -2.33. The molecular formula is C24H21F4N3O. The van der Waals surface area contributed by atoms with E-state index in [1.54, 1.807) is 30.2 Å². The van der Waals surface area contributed by atoms with E-state index in [1.165, 1.54) is 24.3 Å². The van der Waals surface area contributed by atoms with Gasteiger partial charge in [-0.05, 0) is 61.7 Å². The predicted molar refractivity (Wildman–Crippen MR) is 111 cm³/mol. The number of hydrogen-bond acceptors (Lipinski definition) is 3. The van der Waals surface area contributed by atoms with E-state index in [-0.39, 0.29) is 23.2 Å². The molecule has 1 unspecified atom stereocenters. The molecule has 1 aliphatic rings. The number of benzene rings is 2. The maximum Gasteiger partial charge on any atom is 0.416 e. The number of carbonyl (C=O) groups is 1. The summed E-state index contributed by atoms with van der Waals surface area (Å²) in [5.74, 6) is -0.118. The predicted octanol–water partition coefficient (Wildman–Crippen LogP) is 5.63. The fourth-order valence-electron chi connectivity index (χ4n) is 4.02. The molecule has 0 N–H and O–H groups in total. The van der Waals surface area contributed by atoms with Gasteiger partial charge in [0.2, 0.25) is 0 Å². The van der Waals surface area contributed by atoms with Crippen LogP contribution in [0.2, 0.25) is 0 Å². The fraction of sp³-hybridized carbons (Fsp3) is 0.292. The molecular weight excluding hydrogens is 422 g/mol. The van der Waals surface area contributed by atoms with Crippen molar-refractivity contribution in [2.45, 2.75) is 31.9 Å². The molecule has 0 radical (unpaired) electrons. The minimum absolute atomic E-state index is 0.0658. The molecule has 1 saturated heterocycles. The Kier molecular flexibility index (Phi) is 5.95. The molecule has 4 nitrogen and oxygen atoms in total. The second-order valence-corrected chi connectivity index (χ2v) is 7.89. The van der Waals surface area contributed by atoms with Crippen LogP contribution < -0.4 is 0 Å². The summed E-state index contributed by atoms with van der Waals surface area (Å²) in [6.07, 6.45) is -1.19. The van der Waals surface area contributed by atoms with Crippen LogP contribution in [-0.4, -0.2) is 33.9 Å². The van der Waals surface area contributed by atoms with Gasteiger partial charge < -0.3 is 4.90 Å². The number of carbonyl (C=O) groups excluding carboxylic acids is 1. The van der Waals surface area contributed by atoms with Gasteiger partial charge in [-0.2, -0.15) is 13.2 Å². The van der Waals surface area contributed by atoms with Crippen molar-refractivity contribution in [2.75, 3.05) is 13.1 Å². The number of piperidine rings is 1. The molecule has 32 heavy (non-hydrogen) atoms. The van der Waals surface area contributed by atoms with E-state index in [1.807, 2.05) is 0 Å². The van der Waals surface area contributed by atoms with Crippen molar-refractivity contribution >= 4 is 5.91 Å². The van der Waals surface area contributed by atoms with Gasteiger partial charge in [0.15, 0.2) is 0 Å². The minimum atomic E-state index is -4.45. The van der Waals surface area contributed by atoms with Crippen LogP contribution in [0.25, 0.3) is 11.1 Å². The molecule has 4 rings (SSSR count). The van der Waals surface area contributed by atoms with Crippen LogP contribution >= 0.6 is 0 Å². The van der Waals surface area contributed by atoms with Gasteiger partial charge in [-0.25, -0.2) is 14.4 Å². The first kappa shape index (κ1) is 21.9. The molecule has 0 spiro atoms. The quantitative estimate of drug-likeness (QED) is 0.493. The Labute approximate surface area is 182 Å². The number of aromatic nitrogens is 2. The fourth-order valence-corrected chi connectivity index (χ4v) is 4.02. The molecule has 2 aromatic carbocycles. The van der Waals surface area contributed by atoms with E-state index in [4.69, 9.17) is 0 Å². The van der Waals surface area contributed by atoms with Gasteiger partial charge in [-0.3, -0.25) is 4.79 Å². The molecule has 3 aromatic rings. The zero-order chi connectivity index (χ0) is 22.9. The lowest BCUT2D eigenvalue weighted by Crippen LogP contribution is -2.39. The van der Waals surface area contributed by atoms with Crippen LogP contribution in [0, 0.1) is 12.7 Å². The van der Waals surface area contributed by atoms with Crippen molar-refractivity contribution < 1.29 is 22.4 Å². The van der Waals surface area contributed by atoms with E-state index in [2.05, 4.69) is 9.97 Å². The van der Waals surface area contributed by atoms with E-state index in [0.29, 0.717) is 18.9 Å². The summed E-state index contributed by atoms with van der Waals surface area (Å²) in [7, 11) is 0. The topological polar surface area (TPSA) is 46.1 Å². The maximum atomic E-state index is 13.4. The minimum Gasteiger partial charge on any atom is -0.338 e. The zero-order valence-electron chi connectivity index (χ0n) is 17.4. The monoisotopic (exact) mass is 443 g/mol. The first-order valence-electron chi connectivity index (χ1n) is 10.3. The SMILES string of the molecule is Cc1ncc(-c2ccc(F)cc2)c(C2CCCN(C(=O)c3ccc(C(F)(F)F)cc3)C2)n1. The van der Waals surface area contributed by atoms with E-state index >= 15 is 0 Å². The van der Waals surface area contributed by atoms with E-state index in [0.717, 1.165) is 41.8 Å². The summed E-state index contributed by atoms with van der Waals surface area (Å²) in [5, 5.41) is 0. The first-order valence-corrected chi connectivity index (χ1v) is 10.3. The Morgan fingerprint density at radius 3 is 2.41 bits per heavy atom. The van der Waals surface area contributed by atoms with Crippen LogP contribution in [-0.2, 0) is 6.18 Å². The standard InChI is InChI=1S/C24H21F4N3O/c1-15-29-13-21(16-6-10-20(25)11-7-16)22(30-15)18-3-2-12-31(14-18)23(32)17-4-8-19(9-5-17)24(26,27)28/h4-11,13,18H,2-3,12,14H2,1H3. The second kappa shape index (κ2) is 8.68. The first-order chi connectivity index (χ1) is 15.2. The third-order valence-corrected chi connectivity index (χ3v) is 5.65. The molecule has 1 amide bonds. The van der Waals surface area contributed by atoms with Crippen LogP contribution in [0.5, 0.6) is 0 Å². The van der Waals surface area contributed by atoms with Crippen molar-refractivity contribution in [3.63, 3.8) is 0 Å². The number of likely N-dealkylation sites (tertiary alicyclic amines) is 1. The van der Waals surface area contributed by atoms with Crippen LogP contribution in [0.15, 0.2) is 54.7 Å². The van der Waals surface area contributed by atoms with Crippen LogP contribution in [0.1, 0.15) is 46.2 Å². The normalized spacial score (nSPS) is 16.8. The Bertz CT molecular complexity index is 1110. The summed E-state index contributed by atoms with van der Waals surface area (Å²) in [5.41, 5.74) is 1.79. The van der Waals surface area contributed by atoms with Crippen molar-refractivity contribution in [3.05, 3.63) is 83.2 Å². The zero-order valence-corrected chi connectivity index (χ0v) is 17.4. The van der Waals surface area contributed by atoms with Gasteiger partial charge >= 0.3 is 6.18 Å². The Hall–Kier alpha value is -3.29. The van der Waals surface area contributed by atoms with E-state index < -0.39 is 11.7 Å². The summed E-state index contributed by atoms with van der Waals surface area (Å²) in [4.78, 5) is 23.5. The highest BCUT2D eigenvalue weighted by molar-refractivity contribution is 5.94. The molecule has 0 bridgehead atoms. The maximum absolute atomic E-state index is 13.4. The number of aryl methyl sites for hydroxylation is 1. The molecule has 1 fully saturated rings. The molecule has 1 aliphatic heterocycles. The number of amides is 1. The Balaban J connectivity index is 1.59.